The summed E-state index contributed by atoms with van der Waals surface area (Å²) in [6.45, 7) is 3.07. The van der Waals surface area contributed by atoms with E-state index in [1.807, 2.05) is 0 Å². The summed E-state index contributed by atoms with van der Waals surface area (Å²) in [4.78, 5) is 0. The van der Waals surface area contributed by atoms with Crippen molar-refractivity contribution in [2.75, 3.05) is 19.6 Å². The molecule has 2 rings (SSSR count). The number of hydrogen-bond acceptors (Lipinski definition) is 2. The number of nitrogens with one attached hydrogen (secondary N) is 1. The van der Waals surface area contributed by atoms with Gasteiger partial charge in [-0.15, -0.1) is 0 Å². The third-order valence-corrected chi connectivity index (χ3v) is 3.22. The topological polar surface area (TPSA) is 38.0 Å². The van der Waals surface area contributed by atoms with Crippen molar-refractivity contribution >= 4 is 0 Å². The van der Waals surface area contributed by atoms with Gasteiger partial charge in [-0.1, -0.05) is 24.3 Å². The van der Waals surface area contributed by atoms with E-state index in [1.54, 1.807) is 0 Å². The molecule has 1 heterocycles. The molecule has 1 aliphatic rings. The molecule has 1 aromatic carbocycles. The molecular formula is C13H20N2. The lowest BCUT2D eigenvalue weighted by Crippen LogP contribution is -2.26. The summed E-state index contributed by atoms with van der Waals surface area (Å²) < 4.78 is 0. The van der Waals surface area contributed by atoms with E-state index in [2.05, 4.69) is 29.6 Å². The van der Waals surface area contributed by atoms with Crippen molar-refractivity contribution in [2.45, 2.75) is 25.2 Å². The molecule has 1 fully saturated rings. The first-order valence-electron chi connectivity index (χ1n) is 5.90. The van der Waals surface area contributed by atoms with Gasteiger partial charge in [-0.3, -0.25) is 0 Å². The molecule has 0 atom stereocenters. The van der Waals surface area contributed by atoms with E-state index in [9.17, 15) is 0 Å². The summed E-state index contributed by atoms with van der Waals surface area (Å²) in [5.74, 6) is 0.762. The minimum Gasteiger partial charge on any atom is -0.330 e. The molecule has 0 saturated carbocycles. The maximum atomic E-state index is 5.53. The summed E-state index contributed by atoms with van der Waals surface area (Å²) in [5, 5.41) is 3.40. The van der Waals surface area contributed by atoms with Crippen LogP contribution in [0.5, 0.6) is 0 Å². The van der Waals surface area contributed by atoms with E-state index in [4.69, 9.17) is 5.73 Å². The van der Waals surface area contributed by atoms with Crippen molar-refractivity contribution in [2.24, 2.45) is 5.73 Å². The standard InChI is InChI=1S/C13H20N2/c14-8-5-11-1-3-12(4-2-11)13-6-9-15-10-7-13/h1-4,13,15H,5-10,14H2. The van der Waals surface area contributed by atoms with Crippen LogP contribution in [0.2, 0.25) is 0 Å². The Morgan fingerprint density at radius 1 is 1.13 bits per heavy atom. The summed E-state index contributed by atoms with van der Waals surface area (Å²) in [6.07, 6.45) is 3.54. The third-order valence-electron chi connectivity index (χ3n) is 3.22. The lowest BCUT2D eigenvalue weighted by Gasteiger charge is -2.23. The Morgan fingerprint density at radius 2 is 1.80 bits per heavy atom. The highest BCUT2D eigenvalue weighted by molar-refractivity contribution is 5.26. The van der Waals surface area contributed by atoms with E-state index in [1.165, 1.54) is 24.0 Å². The predicted molar refractivity (Wildman–Crippen MR) is 64.0 cm³/mol. The molecule has 82 valence electrons. The summed E-state index contributed by atoms with van der Waals surface area (Å²) >= 11 is 0. The van der Waals surface area contributed by atoms with Crippen molar-refractivity contribution in [3.63, 3.8) is 0 Å². The molecule has 2 nitrogen and oxygen atoms in total. The van der Waals surface area contributed by atoms with E-state index in [0.29, 0.717) is 0 Å². The Kier molecular flexibility index (Phi) is 3.75. The summed E-state index contributed by atoms with van der Waals surface area (Å²) in [7, 11) is 0. The number of nitrogens with two attached hydrogens (primary N) is 1. The van der Waals surface area contributed by atoms with Gasteiger partial charge in [-0.2, -0.15) is 0 Å². The first kappa shape index (κ1) is 10.7. The number of benzene rings is 1. The van der Waals surface area contributed by atoms with Crippen LogP contribution in [0.15, 0.2) is 24.3 Å². The molecule has 0 radical (unpaired) electrons. The van der Waals surface area contributed by atoms with Crippen LogP contribution in [0.4, 0.5) is 0 Å². The Hall–Kier alpha value is -0.860. The molecule has 0 unspecified atom stereocenters. The molecule has 15 heavy (non-hydrogen) atoms. The van der Waals surface area contributed by atoms with Gasteiger partial charge in [0, 0.05) is 0 Å². The van der Waals surface area contributed by atoms with Crippen LogP contribution >= 0.6 is 0 Å². The largest absolute Gasteiger partial charge is 0.330 e. The molecule has 1 aliphatic heterocycles. The van der Waals surface area contributed by atoms with Crippen molar-refractivity contribution in [3.05, 3.63) is 35.4 Å². The first-order chi connectivity index (χ1) is 7.40. The molecule has 3 N–H and O–H groups in total. The zero-order chi connectivity index (χ0) is 10.5. The van der Waals surface area contributed by atoms with Crippen LogP contribution in [-0.4, -0.2) is 19.6 Å². The summed E-state index contributed by atoms with van der Waals surface area (Å²) in [5.41, 5.74) is 8.39. The quantitative estimate of drug-likeness (QED) is 0.785. The number of piperidine rings is 1. The zero-order valence-electron chi connectivity index (χ0n) is 9.21. The van der Waals surface area contributed by atoms with Crippen molar-refractivity contribution < 1.29 is 0 Å². The van der Waals surface area contributed by atoms with Gasteiger partial charge in [0.15, 0.2) is 0 Å². The SMILES string of the molecule is NCCc1ccc(C2CCNCC2)cc1. The van der Waals surface area contributed by atoms with Crippen molar-refractivity contribution in [1.82, 2.24) is 5.32 Å². The number of rotatable bonds is 3. The highest BCUT2D eigenvalue weighted by Crippen LogP contribution is 2.25. The van der Waals surface area contributed by atoms with E-state index in [-0.39, 0.29) is 0 Å². The van der Waals surface area contributed by atoms with E-state index >= 15 is 0 Å². The normalized spacial score (nSPS) is 17.9. The van der Waals surface area contributed by atoms with Crippen LogP contribution in [0.1, 0.15) is 29.9 Å². The Bertz CT molecular complexity index is 286. The second kappa shape index (κ2) is 5.29. The minimum atomic E-state index is 0.743. The fourth-order valence-electron chi connectivity index (χ4n) is 2.28. The second-order valence-electron chi connectivity index (χ2n) is 4.30. The van der Waals surface area contributed by atoms with Crippen molar-refractivity contribution in [1.29, 1.82) is 0 Å². The lowest BCUT2D eigenvalue weighted by atomic mass is 9.89. The van der Waals surface area contributed by atoms with Crippen molar-refractivity contribution in [3.8, 4) is 0 Å². The van der Waals surface area contributed by atoms with E-state index < -0.39 is 0 Å². The third kappa shape index (κ3) is 2.80. The summed E-state index contributed by atoms with van der Waals surface area (Å²) in [6, 6.07) is 9.01. The minimum absolute atomic E-state index is 0.743. The fourth-order valence-corrected chi connectivity index (χ4v) is 2.28. The molecule has 0 bridgehead atoms. The average molecular weight is 204 g/mol. The van der Waals surface area contributed by atoms with Crippen LogP contribution in [-0.2, 0) is 6.42 Å². The molecule has 1 saturated heterocycles. The Balaban J connectivity index is 2.02. The van der Waals surface area contributed by atoms with Gasteiger partial charge in [0.1, 0.15) is 0 Å². The molecule has 1 aromatic rings. The Labute approximate surface area is 91.9 Å². The van der Waals surface area contributed by atoms with Crippen LogP contribution in [0, 0.1) is 0 Å². The molecule has 0 amide bonds. The maximum absolute atomic E-state index is 5.53. The maximum Gasteiger partial charge on any atom is -0.00367 e. The van der Waals surface area contributed by atoms with Gasteiger partial charge in [-0.05, 0) is 55.9 Å². The second-order valence-corrected chi connectivity index (χ2v) is 4.30. The highest BCUT2D eigenvalue weighted by Gasteiger charge is 2.14. The van der Waals surface area contributed by atoms with Crippen LogP contribution < -0.4 is 11.1 Å². The molecular weight excluding hydrogens is 184 g/mol. The van der Waals surface area contributed by atoms with Gasteiger partial charge in [-0.25, -0.2) is 0 Å². The van der Waals surface area contributed by atoms with E-state index in [0.717, 1.165) is 32.0 Å². The highest BCUT2D eigenvalue weighted by atomic mass is 14.9. The van der Waals surface area contributed by atoms with Gasteiger partial charge >= 0.3 is 0 Å². The average Bonchev–Trinajstić information content (AvgIpc) is 2.32. The Morgan fingerprint density at radius 3 is 2.40 bits per heavy atom. The van der Waals surface area contributed by atoms with Gasteiger partial charge in [0.2, 0.25) is 0 Å². The smallest absolute Gasteiger partial charge is 0.00367 e. The van der Waals surface area contributed by atoms with Gasteiger partial charge in [0.25, 0.3) is 0 Å². The molecule has 0 aliphatic carbocycles. The lowest BCUT2D eigenvalue weighted by molar-refractivity contribution is 0.460. The molecule has 0 spiro atoms. The fraction of sp³-hybridized carbons (Fsp3) is 0.538. The predicted octanol–water partition coefficient (Wildman–Crippen LogP) is 1.65. The zero-order valence-corrected chi connectivity index (χ0v) is 9.21. The number of hydrogen-bond donors (Lipinski definition) is 2. The van der Waals surface area contributed by atoms with Gasteiger partial charge < -0.3 is 11.1 Å². The molecule has 0 aromatic heterocycles. The first-order valence-corrected chi connectivity index (χ1v) is 5.90. The van der Waals surface area contributed by atoms with Gasteiger partial charge in [0.05, 0.1) is 0 Å². The van der Waals surface area contributed by atoms with Crippen LogP contribution in [0.25, 0.3) is 0 Å². The van der Waals surface area contributed by atoms with Crippen LogP contribution in [0.3, 0.4) is 0 Å². The molecule has 2 heteroatoms. The monoisotopic (exact) mass is 204 g/mol.